The SMILES string of the molecule is Cc1ccccc1Nc1ccc(C(=O)O)cc1/C=N\NC(=O)C(=O)NCCc1ccccc1. The average Bonchev–Trinajstić information content (AvgIpc) is 2.81. The Hall–Kier alpha value is -4.46. The Morgan fingerprint density at radius 1 is 0.909 bits per heavy atom. The normalized spacial score (nSPS) is 10.6. The highest BCUT2D eigenvalue weighted by Gasteiger charge is 2.12. The van der Waals surface area contributed by atoms with Crippen molar-refractivity contribution in [1.29, 1.82) is 0 Å². The summed E-state index contributed by atoms with van der Waals surface area (Å²) in [6.45, 7) is 2.25. The topological polar surface area (TPSA) is 120 Å². The van der Waals surface area contributed by atoms with Gasteiger partial charge in [0.1, 0.15) is 0 Å². The van der Waals surface area contributed by atoms with E-state index in [2.05, 4.69) is 21.2 Å². The zero-order valence-corrected chi connectivity index (χ0v) is 18.0. The molecule has 0 aliphatic rings. The third-order valence-corrected chi connectivity index (χ3v) is 4.83. The first-order chi connectivity index (χ1) is 15.9. The van der Waals surface area contributed by atoms with Crippen LogP contribution in [0.1, 0.15) is 27.0 Å². The van der Waals surface area contributed by atoms with E-state index in [1.54, 1.807) is 6.07 Å². The van der Waals surface area contributed by atoms with Crippen LogP contribution in [-0.2, 0) is 16.0 Å². The summed E-state index contributed by atoms with van der Waals surface area (Å²) in [6, 6.07) is 21.7. The van der Waals surface area contributed by atoms with Gasteiger partial charge < -0.3 is 15.7 Å². The van der Waals surface area contributed by atoms with Crippen LogP contribution in [0.2, 0.25) is 0 Å². The number of nitrogens with one attached hydrogen (secondary N) is 3. The summed E-state index contributed by atoms with van der Waals surface area (Å²) in [6.07, 6.45) is 1.89. The van der Waals surface area contributed by atoms with Crippen molar-refractivity contribution >= 4 is 35.4 Å². The van der Waals surface area contributed by atoms with Gasteiger partial charge in [0.05, 0.1) is 11.8 Å². The van der Waals surface area contributed by atoms with Crippen molar-refractivity contribution in [2.24, 2.45) is 5.10 Å². The summed E-state index contributed by atoms with van der Waals surface area (Å²) >= 11 is 0. The van der Waals surface area contributed by atoms with Gasteiger partial charge in [-0.3, -0.25) is 9.59 Å². The summed E-state index contributed by atoms with van der Waals surface area (Å²) in [5.74, 6) is -2.81. The van der Waals surface area contributed by atoms with Crippen LogP contribution in [0.5, 0.6) is 0 Å². The van der Waals surface area contributed by atoms with Gasteiger partial charge in [0.15, 0.2) is 0 Å². The molecule has 3 aromatic rings. The van der Waals surface area contributed by atoms with Gasteiger partial charge in [-0.25, -0.2) is 10.2 Å². The molecule has 0 saturated carbocycles. The smallest absolute Gasteiger partial charge is 0.335 e. The molecule has 0 heterocycles. The van der Waals surface area contributed by atoms with Gasteiger partial charge in [-0.05, 0) is 48.7 Å². The van der Waals surface area contributed by atoms with Crippen molar-refractivity contribution in [3.63, 3.8) is 0 Å². The van der Waals surface area contributed by atoms with Crippen LogP contribution in [0.15, 0.2) is 77.9 Å². The quantitative estimate of drug-likeness (QED) is 0.242. The number of amides is 2. The maximum Gasteiger partial charge on any atom is 0.335 e. The Balaban J connectivity index is 1.64. The van der Waals surface area contributed by atoms with Gasteiger partial charge in [0.2, 0.25) is 0 Å². The predicted molar refractivity (Wildman–Crippen MR) is 127 cm³/mol. The molecule has 8 nitrogen and oxygen atoms in total. The number of aromatic carboxylic acids is 1. The van der Waals surface area contributed by atoms with Gasteiger partial charge in [-0.15, -0.1) is 0 Å². The molecule has 0 aliphatic heterocycles. The van der Waals surface area contributed by atoms with Crippen molar-refractivity contribution in [3.8, 4) is 0 Å². The third-order valence-electron chi connectivity index (χ3n) is 4.83. The second kappa shape index (κ2) is 11.2. The Morgan fingerprint density at radius 2 is 1.64 bits per heavy atom. The molecule has 33 heavy (non-hydrogen) atoms. The number of hydrogen-bond acceptors (Lipinski definition) is 5. The van der Waals surface area contributed by atoms with E-state index in [9.17, 15) is 19.5 Å². The van der Waals surface area contributed by atoms with E-state index in [1.807, 2.05) is 61.5 Å². The summed E-state index contributed by atoms with van der Waals surface area (Å²) in [4.78, 5) is 35.4. The van der Waals surface area contributed by atoms with E-state index in [0.717, 1.165) is 16.8 Å². The Labute approximate surface area is 191 Å². The number of carboxylic acids is 1. The minimum atomic E-state index is -1.09. The standard InChI is InChI=1S/C25H24N4O4/c1-17-7-5-6-10-21(17)28-22-12-11-19(25(32)33)15-20(22)16-27-29-24(31)23(30)26-14-13-18-8-3-2-4-9-18/h2-12,15-16,28H,13-14H2,1H3,(H,26,30)(H,29,31)(H,32,33)/b27-16-. The molecule has 4 N–H and O–H groups in total. The summed E-state index contributed by atoms with van der Waals surface area (Å²) in [5.41, 5.74) is 6.16. The minimum Gasteiger partial charge on any atom is -0.478 e. The van der Waals surface area contributed by atoms with E-state index >= 15 is 0 Å². The van der Waals surface area contributed by atoms with Gasteiger partial charge >= 0.3 is 17.8 Å². The molecular formula is C25H24N4O4. The molecule has 3 aromatic carbocycles. The summed E-state index contributed by atoms with van der Waals surface area (Å²) in [7, 11) is 0. The highest BCUT2D eigenvalue weighted by atomic mass is 16.4. The highest BCUT2D eigenvalue weighted by molar-refractivity contribution is 6.35. The number of hydrogen-bond donors (Lipinski definition) is 4. The van der Waals surface area contributed by atoms with Gasteiger partial charge in [0, 0.05) is 23.5 Å². The molecule has 0 aromatic heterocycles. The molecule has 0 unspecified atom stereocenters. The van der Waals surface area contributed by atoms with Crippen LogP contribution < -0.4 is 16.1 Å². The lowest BCUT2D eigenvalue weighted by molar-refractivity contribution is -0.139. The highest BCUT2D eigenvalue weighted by Crippen LogP contribution is 2.23. The van der Waals surface area contributed by atoms with E-state index in [4.69, 9.17) is 0 Å². The van der Waals surface area contributed by atoms with Gasteiger partial charge in [-0.2, -0.15) is 5.10 Å². The molecule has 0 bridgehead atoms. The second-order valence-corrected chi connectivity index (χ2v) is 7.24. The van der Waals surface area contributed by atoms with Crippen LogP contribution in [0.25, 0.3) is 0 Å². The molecule has 0 fully saturated rings. The van der Waals surface area contributed by atoms with Crippen LogP contribution in [-0.4, -0.2) is 35.6 Å². The van der Waals surface area contributed by atoms with Crippen molar-refractivity contribution in [1.82, 2.24) is 10.7 Å². The largest absolute Gasteiger partial charge is 0.478 e. The second-order valence-electron chi connectivity index (χ2n) is 7.24. The number of benzene rings is 3. The van der Waals surface area contributed by atoms with Crippen LogP contribution in [0.4, 0.5) is 11.4 Å². The fourth-order valence-corrected chi connectivity index (χ4v) is 3.03. The number of para-hydroxylation sites is 1. The fraction of sp³-hybridized carbons (Fsp3) is 0.120. The number of rotatable bonds is 8. The van der Waals surface area contributed by atoms with Crippen molar-refractivity contribution in [2.75, 3.05) is 11.9 Å². The number of hydrazone groups is 1. The number of carboxylic acid groups (broad SMARTS) is 1. The molecule has 0 saturated heterocycles. The first kappa shape index (κ1) is 23.2. The van der Waals surface area contributed by atoms with Crippen LogP contribution in [0.3, 0.4) is 0 Å². The molecule has 8 heteroatoms. The summed E-state index contributed by atoms with van der Waals surface area (Å²) in [5, 5.41) is 18.9. The molecular weight excluding hydrogens is 420 g/mol. The molecule has 0 radical (unpaired) electrons. The maximum absolute atomic E-state index is 12.0. The summed E-state index contributed by atoms with van der Waals surface area (Å²) < 4.78 is 0. The first-order valence-electron chi connectivity index (χ1n) is 10.3. The van der Waals surface area contributed by atoms with Gasteiger partial charge in [-0.1, -0.05) is 48.5 Å². The fourth-order valence-electron chi connectivity index (χ4n) is 3.03. The van der Waals surface area contributed by atoms with Crippen molar-refractivity contribution in [3.05, 3.63) is 95.1 Å². The minimum absolute atomic E-state index is 0.0664. The van der Waals surface area contributed by atoms with E-state index < -0.39 is 17.8 Å². The number of carbonyl (C=O) groups excluding carboxylic acids is 2. The molecule has 3 rings (SSSR count). The number of aryl methyl sites for hydroxylation is 1. The lowest BCUT2D eigenvalue weighted by atomic mass is 10.1. The zero-order valence-electron chi connectivity index (χ0n) is 18.0. The molecule has 0 aliphatic carbocycles. The lowest BCUT2D eigenvalue weighted by Gasteiger charge is -2.12. The number of anilines is 2. The van der Waals surface area contributed by atoms with E-state index in [0.29, 0.717) is 24.2 Å². The van der Waals surface area contributed by atoms with Gasteiger partial charge in [0.25, 0.3) is 0 Å². The average molecular weight is 444 g/mol. The van der Waals surface area contributed by atoms with Crippen LogP contribution >= 0.6 is 0 Å². The predicted octanol–water partition coefficient (Wildman–Crippen LogP) is 3.25. The van der Waals surface area contributed by atoms with Crippen LogP contribution in [0, 0.1) is 6.92 Å². The Bertz CT molecular complexity index is 1180. The van der Waals surface area contributed by atoms with Crippen molar-refractivity contribution < 1.29 is 19.5 Å². The third kappa shape index (κ3) is 6.76. The lowest BCUT2D eigenvalue weighted by Crippen LogP contribution is -2.38. The monoisotopic (exact) mass is 444 g/mol. The Morgan fingerprint density at radius 3 is 2.36 bits per heavy atom. The zero-order chi connectivity index (χ0) is 23.6. The molecule has 0 spiro atoms. The first-order valence-corrected chi connectivity index (χ1v) is 10.3. The maximum atomic E-state index is 12.0. The molecule has 168 valence electrons. The molecule has 0 atom stereocenters. The van der Waals surface area contributed by atoms with E-state index in [1.165, 1.54) is 18.3 Å². The Kier molecular flexibility index (Phi) is 7.91. The van der Waals surface area contributed by atoms with E-state index in [-0.39, 0.29) is 5.56 Å². The number of carbonyl (C=O) groups is 3. The molecule has 2 amide bonds. The van der Waals surface area contributed by atoms with Crippen molar-refractivity contribution in [2.45, 2.75) is 13.3 Å². The number of nitrogens with zero attached hydrogens (tertiary/aromatic N) is 1.